The fraction of sp³-hybridized carbons (Fsp3) is 0.333. The summed E-state index contributed by atoms with van der Waals surface area (Å²) in [7, 11) is 0. The van der Waals surface area contributed by atoms with Crippen molar-refractivity contribution in [3.63, 3.8) is 0 Å². The summed E-state index contributed by atoms with van der Waals surface area (Å²) in [5.74, 6) is 0.570. The van der Waals surface area contributed by atoms with Crippen molar-refractivity contribution >= 4 is 23.4 Å². The molecule has 0 atom stereocenters. The Labute approximate surface area is 127 Å². The maximum atomic E-state index is 12.3. The first-order chi connectivity index (χ1) is 10.6. The minimum Gasteiger partial charge on any atom is -0.492 e. The lowest BCUT2D eigenvalue weighted by molar-refractivity contribution is -0.142. The second-order valence-electron chi connectivity index (χ2n) is 5.93. The number of esters is 1. The molecule has 3 aliphatic rings. The number of hydrogen-bond donors (Lipinski definition) is 0. The first kappa shape index (κ1) is 13.3. The minimum atomic E-state index is -0.273. The summed E-state index contributed by atoms with van der Waals surface area (Å²) in [6, 6.07) is 2.10. The van der Waals surface area contributed by atoms with E-state index in [-0.39, 0.29) is 24.8 Å². The molecular weight excluding hydrogens is 280 g/mol. The van der Waals surface area contributed by atoms with Gasteiger partial charge in [0, 0.05) is 29.2 Å². The number of hydrogen-bond acceptors (Lipinski definition) is 4. The third kappa shape index (κ3) is 1.98. The van der Waals surface area contributed by atoms with Crippen molar-refractivity contribution in [1.82, 2.24) is 0 Å². The van der Waals surface area contributed by atoms with E-state index in [0.29, 0.717) is 13.0 Å². The Kier molecular flexibility index (Phi) is 2.93. The molecule has 0 spiro atoms. The fourth-order valence-electron chi connectivity index (χ4n) is 3.44. The van der Waals surface area contributed by atoms with Crippen LogP contribution in [0, 0.1) is 6.92 Å². The van der Waals surface area contributed by atoms with Gasteiger partial charge in [0.1, 0.15) is 12.4 Å². The van der Waals surface area contributed by atoms with Crippen molar-refractivity contribution in [3.8, 4) is 5.75 Å². The highest BCUT2D eigenvalue weighted by Crippen LogP contribution is 2.26. The van der Waals surface area contributed by atoms with Crippen molar-refractivity contribution in [2.45, 2.75) is 26.2 Å². The van der Waals surface area contributed by atoms with Crippen LogP contribution in [0.4, 0.5) is 0 Å². The summed E-state index contributed by atoms with van der Waals surface area (Å²) < 4.78 is 11.1. The van der Waals surface area contributed by atoms with Crippen molar-refractivity contribution in [3.05, 3.63) is 39.3 Å². The highest BCUT2D eigenvalue weighted by molar-refractivity contribution is 5.99. The number of rotatable bonds is 0. The molecule has 0 bridgehead atoms. The number of carbonyl (C=O) groups is 2. The molecule has 1 aliphatic carbocycles. The summed E-state index contributed by atoms with van der Waals surface area (Å²) in [5, 5.41) is 2.09. The number of allylic oxidation sites excluding steroid dienone is 1. The lowest BCUT2D eigenvalue weighted by Gasteiger charge is -2.20. The van der Waals surface area contributed by atoms with Crippen LogP contribution >= 0.6 is 0 Å². The van der Waals surface area contributed by atoms with Crippen LogP contribution in [0.5, 0.6) is 5.75 Å². The van der Waals surface area contributed by atoms with Gasteiger partial charge < -0.3 is 9.47 Å². The van der Waals surface area contributed by atoms with Gasteiger partial charge in [0.2, 0.25) is 0 Å². The summed E-state index contributed by atoms with van der Waals surface area (Å²) in [6.45, 7) is 2.92. The molecule has 112 valence electrons. The quantitative estimate of drug-likeness (QED) is 0.662. The summed E-state index contributed by atoms with van der Waals surface area (Å²) in [6.07, 6.45) is 5.14. The van der Waals surface area contributed by atoms with Gasteiger partial charge in [-0.25, -0.2) is 0 Å². The van der Waals surface area contributed by atoms with Crippen molar-refractivity contribution in [2.75, 3.05) is 13.2 Å². The predicted octanol–water partition coefficient (Wildman–Crippen LogP) is 0.707. The Morgan fingerprint density at radius 3 is 2.86 bits per heavy atom. The monoisotopic (exact) mass is 296 g/mol. The van der Waals surface area contributed by atoms with Crippen LogP contribution in [-0.4, -0.2) is 25.0 Å². The van der Waals surface area contributed by atoms with E-state index in [2.05, 4.69) is 19.1 Å². The van der Waals surface area contributed by atoms with E-state index >= 15 is 0 Å². The van der Waals surface area contributed by atoms with Crippen LogP contribution in [0.3, 0.4) is 0 Å². The van der Waals surface area contributed by atoms with Crippen molar-refractivity contribution in [2.24, 2.45) is 0 Å². The molecule has 1 aromatic rings. The molecule has 0 radical (unpaired) electrons. The van der Waals surface area contributed by atoms with Crippen LogP contribution in [-0.2, 0) is 20.7 Å². The van der Waals surface area contributed by atoms with Crippen LogP contribution in [0.2, 0.25) is 0 Å². The van der Waals surface area contributed by atoms with Gasteiger partial charge in [-0.15, -0.1) is 0 Å². The normalized spacial score (nSPS) is 19.7. The zero-order chi connectivity index (χ0) is 15.3. The smallest absolute Gasteiger partial charge is 0.310 e. The molecule has 0 N–H and O–H groups in total. The van der Waals surface area contributed by atoms with E-state index in [1.807, 2.05) is 0 Å². The van der Waals surface area contributed by atoms with Gasteiger partial charge in [-0.3, -0.25) is 9.59 Å². The third-order valence-corrected chi connectivity index (χ3v) is 4.45. The molecular formula is C18H16O4. The zero-order valence-electron chi connectivity index (χ0n) is 12.4. The van der Waals surface area contributed by atoms with Crippen molar-refractivity contribution < 1.29 is 19.1 Å². The lowest BCUT2D eigenvalue weighted by atomic mass is 9.95. The van der Waals surface area contributed by atoms with Gasteiger partial charge >= 0.3 is 5.97 Å². The van der Waals surface area contributed by atoms with Gasteiger partial charge in [0.15, 0.2) is 5.78 Å². The Morgan fingerprint density at radius 1 is 1.14 bits per heavy atom. The molecule has 1 saturated heterocycles. The van der Waals surface area contributed by atoms with Crippen molar-refractivity contribution in [1.29, 1.82) is 0 Å². The second kappa shape index (κ2) is 4.83. The van der Waals surface area contributed by atoms with Gasteiger partial charge in [-0.05, 0) is 29.4 Å². The molecule has 2 aliphatic heterocycles. The standard InChI is InChI=1S/C18H16O4/c1-10-5-14-15(18-13(10)3-2-4-21-18)8-12(19)6-11-7-17(20)22-9-16(11)14/h3,5-6H,2,4,7-9H2,1H3. The van der Waals surface area contributed by atoms with Gasteiger partial charge in [-0.1, -0.05) is 12.1 Å². The van der Waals surface area contributed by atoms with E-state index in [0.717, 1.165) is 44.9 Å². The predicted molar refractivity (Wildman–Crippen MR) is 80.8 cm³/mol. The number of fused-ring (bicyclic) bond motifs is 4. The summed E-state index contributed by atoms with van der Waals surface area (Å²) >= 11 is 0. The first-order valence-corrected chi connectivity index (χ1v) is 7.51. The fourth-order valence-corrected chi connectivity index (χ4v) is 3.44. The molecule has 4 nitrogen and oxygen atoms in total. The molecule has 0 unspecified atom stereocenters. The maximum absolute atomic E-state index is 12.3. The second-order valence-corrected chi connectivity index (χ2v) is 5.93. The molecule has 2 heterocycles. The highest BCUT2D eigenvalue weighted by atomic mass is 16.5. The molecule has 4 heteroatoms. The molecule has 22 heavy (non-hydrogen) atoms. The molecule has 1 fully saturated rings. The molecule has 0 aromatic heterocycles. The number of cyclic esters (lactones) is 1. The lowest BCUT2D eigenvalue weighted by Crippen LogP contribution is -2.29. The minimum absolute atomic E-state index is 0.0150. The highest BCUT2D eigenvalue weighted by Gasteiger charge is 2.26. The van der Waals surface area contributed by atoms with Crippen LogP contribution < -0.4 is 15.2 Å². The number of carbonyl (C=O) groups excluding carboxylic acids is 2. The van der Waals surface area contributed by atoms with Gasteiger partial charge in [0.05, 0.1) is 13.0 Å². The number of ketones is 1. The Hall–Kier alpha value is -2.36. The van der Waals surface area contributed by atoms with E-state index in [9.17, 15) is 9.59 Å². The van der Waals surface area contributed by atoms with E-state index in [1.54, 1.807) is 6.08 Å². The van der Waals surface area contributed by atoms with Gasteiger partial charge in [-0.2, -0.15) is 0 Å². The Morgan fingerprint density at radius 2 is 2.00 bits per heavy atom. The maximum Gasteiger partial charge on any atom is 0.310 e. The molecule has 0 saturated carbocycles. The molecule has 1 aromatic carbocycles. The molecule has 0 amide bonds. The van der Waals surface area contributed by atoms with E-state index in [1.165, 1.54) is 0 Å². The average Bonchev–Trinajstić information content (AvgIpc) is 2.63. The molecule has 4 rings (SSSR count). The topological polar surface area (TPSA) is 52.6 Å². The summed E-state index contributed by atoms with van der Waals surface area (Å²) in [4.78, 5) is 23.8. The Bertz CT molecular complexity index is 858. The number of ether oxygens (including phenoxy) is 2. The van der Waals surface area contributed by atoms with Crippen LogP contribution in [0.1, 0.15) is 24.0 Å². The SMILES string of the molecule is Cc1cc2c(c3c1=CCCO3)CC(=O)C=C1CC(=O)OCC=21. The zero-order valence-corrected chi connectivity index (χ0v) is 12.4. The van der Waals surface area contributed by atoms with Crippen LogP contribution in [0.25, 0.3) is 11.6 Å². The number of aryl methyl sites for hydroxylation is 1. The Balaban J connectivity index is 2.08. The average molecular weight is 296 g/mol. The van der Waals surface area contributed by atoms with Gasteiger partial charge in [0.25, 0.3) is 0 Å². The summed E-state index contributed by atoms with van der Waals surface area (Å²) in [5.41, 5.74) is 3.80. The number of benzene rings is 1. The first-order valence-electron chi connectivity index (χ1n) is 7.51. The van der Waals surface area contributed by atoms with E-state index in [4.69, 9.17) is 9.47 Å². The van der Waals surface area contributed by atoms with E-state index < -0.39 is 0 Å². The third-order valence-electron chi connectivity index (χ3n) is 4.45. The largest absolute Gasteiger partial charge is 0.492 e. The van der Waals surface area contributed by atoms with Crippen LogP contribution in [0.15, 0.2) is 17.7 Å².